The average Bonchev–Trinajstić information content (AvgIpc) is 2.68. The highest BCUT2D eigenvalue weighted by molar-refractivity contribution is 9.10. The lowest BCUT2D eigenvalue weighted by molar-refractivity contribution is -0.138. The third kappa shape index (κ3) is 6.99. The molecule has 0 saturated heterocycles. The molecule has 6 heteroatoms. The van der Waals surface area contributed by atoms with Gasteiger partial charge in [0.25, 0.3) is 0 Å². The molecule has 2 amide bonds. The highest BCUT2D eigenvalue weighted by Gasteiger charge is 2.25. The number of carbonyl (C=O) groups excluding carboxylic acids is 2. The quantitative estimate of drug-likeness (QED) is 0.594. The molecule has 0 aliphatic heterocycles. The van der Waals surface area contributed by atoms with Gasteiger partial charge in [0.2, 0.25) is 11.8 Å². The van der Waals surface area contributed by atoms with Crippen LogP contribution in [0.15, 0.2) is 53.0 Å². The Labute approximate surface area is 180 Å². The number of hydrogen-bond donors (Lipinski definition) is 1. The monoisotopic (exact) mass is 462 g/mol. The first-order valence-corrected chi connectivity index (χ1v) is 11.3. The van der Waals surface area contributed by atoms with Crippen molar-refractivity contribution in [3.8, 4) is 0 Å². The third-order valence-corrected chi connectivity index (χ3v) is 5.92. The molecule has 2 rings (SSSR count). The van der Waals surface area contributed by atoms with Crippen molar-refractivity contribution >= 4 is 39.5 Å². The fourth-order valence-corrected chi connectivity index (χ4v) is 3.85. The van der Waals surface area contributed by atoms with Crippen molar-refractivity contribution < 1.29 is 9.59 Å². The van der Waals surface area contributed by atoms with Crippen LogP contribution in [0.5, 0.6) is 0 Å². The highest BCUT2D eigenvalue weighted by atomic mass is 79.9. The van der Waals surface area contributed by atoms with Crippen molar-refractivity contribution in [1.29, 1.82) is 0 Å². The molecule has 2 aromatic rings. The van der Waals surface area contributed by atoms with Gasteiger partial charge >= 0.3 is 0 Å². The van der Waals surface area contributed by atoms with Crippen LogP contribution in [0.25, 0.3) is 0 Å². The van der Waals surface area contributed by atoms with E-state index in [9.17, 15) is 9.59 Å². The first kappa shape index (κ1) is 22.5. The molecule has 28 heavy (non-hydrogen) atoms. The summed E-state index contributed by atoms with van der Waals surface area (Å²) in [5, 5.41) is 2.82. The van der Waals surface area contributed by atoms with Crippen molar-refractivity contribution in [2.75, 3.05) is 12.3 Å². The number of thioether (sulfide) groups is 1. The summed E-state index contributed by atoms with van der Waals surface area (Å²) in [6, 6.07) is 15.6. The first-order chi connectivity index (χ1) is 13.4. The summed E-state index contributed by atoms with van der Waals surface area (Å²) in [7, 11) is 0. The summed E-state index contributed by atoms with van der Waals surface area (Å²) in [5.41, 5.74) is 3.41. The Morgan fingerprint density at radius 3 is 2.29 bits per heavy atom. The van der Waals surface area contributed by atoms with Crippen molar-refractivity contribution in [3.63, 3.8) is 0 Å². The van der Waals surface area contributed by atoms with E-state index in [4.69, 9.17) is 0 Å². The number of rotatable bonds is 9. The van der Waals surface area contributed by atoms with Crippen LogP contribution in [-0.4, -0.2) is 35.1 Å². The van der Waals surface area contributed by atoms with Gasteiger partial charge in [-0.3, -0.25) is 9.59 Å². The Bertz CT molecular complexity index is 778. The van der Waals surface area contributed by atoms with E-state index < -0.39 is 6.04 Å². The van der Waals surface area contributed by atoms with Crippen molar-refractivity contribution in [3.05, 3.63) is 69.7 Å². The summed E-state index contributed by atoms with van der Waals surface area (Å²) in [4.78, 5) is 26.9. The maximum absolute atomic E-state index is 12.9. The molecule has 0 aliphatic carbocycles. The van der Waals surface area contributed by atoms with Gasteiger partial charge in [-0.15, -0.1) is 11.8 Å². The zero-order valence-electron chi connectivity index (χ0n) is 16.6. The summed E-state index contributed by atoms with van der Waals surface area (Å²) in [6.07, 6.45) is 0. The van der Waals surface area contributed by atoms with E-state index in [1.54, 1.807) is 23.6 Å². The maximum Gasteiger partial charge on any atom is 0.242 e. The molecular formula is C22H27BrN2O2S. The molecular weight excluding hydrogens is 436 g/mol. The van der Waals surface area contributed by atoms with Gasteiger partial charge in [-0.05, 0) is 44.0 Å². The number of halogens is 1. The number of amides is 2. The lowest BCUT2D eigenvalue weighted by atomic mass is 10.1. The minimum Gasteiger partial charge on any atom is -0.355 e. The second-order valence-corrected chi connectivity index (χ2v) is 8.60. The predicted molar refractivity (Wildman–Crippen MR) is 120 cm³/mol. The molecule has 0 fully saturated rings. The van der Waals surface area contributed by atoms with Crippen LogP contribution in [0.3, 0.4) is 0 Å². The number of nitrogens with zero attached hydrogens (tertiary/aromatic N) is 1. The van der Waals surface area contributed by atoms with Crippen LogP contribution < -0.4 is 5.32 Å². The van der Waals surface area contributed by atoms with E-state index >= 15 is 0 Å². The molecule has 1 N–H and O–H groups in total. The molecule has 1 unspecified atom stereocenters. The van der Waals surface area contributed by atoms with Gasteiger partial charge in [-0.2, -0.15) is 0 Å². The highest BCUT2D eigenvalue weighted by Crippen LogP contribution is 2.17. The summed E-state index contributed by atoms with van der Waals surface area (Å²) < 4.78 is 0.986. The Kier molecular flexibility index (Phi) is 9.06. The van der Waals surface area contributed by atoms with Gasteiger partial charge in [0.05, 0.1) is 5.75 Å². The SMILES string of the molecule is CCNC(=O)C(C)N(Cc1ccc(Br)cc1)C(=O)CSCc1ccc(C)cc1. The number of hydrogen-bond acceptors (Lipinski definition) is 3. The van der Waals surface area contributed by atoms with Crippen molar-refractivity contribution in [2.24, 2.45) is 0 Å². The van der Waals surface area contributed by atoms with Gasteiger partial charge in [0.15, 0.2) is 0 Å². The summed E-state index contributed by atoms with van der Waals surface area (Å²) in [6.45, 7) is 6.68. The minimum atomic E-state index is -0.518. The molecule has 150 valence electrons. The van der Waals surface area contributed by atoms with Crippen molar-refractivity contribution in [1.82, 2.24) is 10.2 Å². The molecule has 4 nitrogen and oxygen atoms in total. The molecule has 0 aliphatic rings. The number of aryl methyl sites for hydroxylation is 1. The molecule has 0 aromatic heterocycles. The number of carbonyl (C=O) groups is 2. The lowest BCUT2D eigenvalue weighted by Gasteiger charge is -2.28. The molecule has 0 heterocycles. The van der Waals surface area contributed by atoms with E-state index in [0.717, 1.165) is 15.8 Å². The zero-order chi connectivity index (χ0) is 20.5. The van der Waals surface area contributed by atoms with Gasteiger partial charge in [-0.1, -0.05) is 57.9 Å². The lowest BCUT2D eigenvalue weighted by Crippen LogP contribution is -2.48. The van der Waals surface area contributed by atoms with E-state index in [1.165, 1.54) is 11.1 Å². The average molecular weight is 463 g/mol. The number of nitrogens with one attached hydrogen (secondary N) is 1. The third-order valence-electron chi connectivity index (χ3n) is 4.40. The molecule has 0 bridgehead atoms. The normalized spacial score (nSPS) is 11.7. The molecule has 0 radical (unpaired) electrons. The van der Waals surface area contributed by atoms with Crippen LogP contribution in [0, 0.1) is 6.92 Å². The number of benzene rings is 2. The van der Waals surface area contributed by atoms with Gasteiger partial charge in [-0.25, -0.2) is 0 Å². The fraction of sp³-hybridized carbons (Fsp3) is 0.364. The molecule has 2 aromatic carbocycles. The van der Waals surface area contributed by atoms with E-state index in [2.05, 4.69) is 52.4 Å². The van der Waals surface area contributed by atoms with Crippen LogP contribution in [-0.2, 0) is 21.9 Å². The second kappa shape index (κ2) is 11.3. The first-order valence-electron chi connectivity index (χ1n) is 9.35. The Balaban J connectivity index is 2.03. The van der Waals surface area contributed by atoms with Crippen LogP contribution in [0.4, 0.5) is 0 Å². The zero-order valence-corrected chi connectivity index (χ0v) is 19.0. The van der Waals surface area contributed by atoms with Gasteiger partial charge < -0.3 is 10.2 Å². The Morgan fingerprint density at radius 1 is 1.07 bits per heavy atom. The summed E-state index contributed by atoms with van der Waals surface area (Å²) >= 11 is 5.00. The fourth-order valence-electron chi connectivity index (χ4n) is 2.71. The standard InChI is InChI=1S/C22H27BrN2O2S/c1-4-24-22(27)17(3)25(13-18-9-11-20(23)12-10-18)21(26)15-28-14-19-7-5-16(2)6-8-19/h5-12,17H,4,13-15H2,1-3H3,(H,24,27). The predicted octanol–water partition coefficient (Wildman–Crippen LogP) is 4.54. The molecule has 1 atom stereocenters. The smallest absolute Gasteiger partial charge is 0.242 e. The van der Waals surface area contributed by atoms with Gasteiger partial charge in [0, 0.05) is 23.3 Å². The summed E-state index contributed by atoms with van der Waals surface area (Å²) in [5.74, 6) is 0.956. The van der Waals surface area contributed by atoms with Crippen molar-refractivity contribution in [2.45, 2.75) is 39.1 Å². The van der Waals surface area contributed by atoms with E-state index in [0.29, 0.717) is 18.8 Å². The Morgan fingerprint density at radius 2 is 1.68 bits per heavy atom. The second-order valence-electron chi connectivity index (χ2n) is 6.70. The minimum absolute atomic E-state index is 0.0289. The van der Waals surface area contributed by atoms with Crippen LogP contribution in [0.1, 0.15) is 30.5 Å². The van der Waals surface area contributed by atoms with E-state index in [-0.39, 0.29) is 11.8 Å². The van der Waals surface area contributed by atoms with Gasteiger partial charge in [0.1, 0.15) is 6.04 Å². The van der Waals surface area contributed by atoms with Crippen LogP contribution in [0.2, 0.25) is 0 Å². The largest absolute Gasteiger partial charge is 0.355 e. The maximum atomic E-state index is 12.9. The molecule has 0 spiro atoms. The topological polar surface area (TPSA) is 49.4 Å². The number of likely N-dealkylation sites (N-methyl/N-ethyl adjacent to an activating group) is 1. The molecule has 0 saturated carbocycles. The Hall–Kier alpha value is -1.79. The van der Waals surface area contributed by atoms with E-state index in [1.807, 2.05) is 31.2 Å². The van der Waals surface area contributed by atoms with Crippen LogP contribution >= 0.6 is 27.7 Å².